The van der Waals surface area contributed by atoms with Crippen molar-refractivity contribution in [1.29, 1.82) is 0 Å². The number of nitrogens with one attached hydrogen (secondary N) is 1. The normalized spacial score (nSPS) is 17.2. The minimum Gasteiger partial charge on any atom is -0.394 e. The van der Waals surface area contributed by atoms with Crippen molar-refractivity contribution >= 4 is 0 Å². The van der Waals surface area contributed by atoms with Crippen LogP contribution in [0.25, 0.3) is 0 Å². The highest BCUT2D eigenvalue weighted by molar-refractivity contribution is 4.84. The first-order valence-corrected chi connectivity index (χ1v) is 7.31. The van der Waals surface area contributed by atoms with Crippen LogP contribution in [0.1, 0.15) is 53.9 Å². The summed E-state index contributed by atoms with van der Waals surface area (Å²) in [6, 6.07) is 0. The minimum absolute atomic E-state index is 0.120. The van der Waals surface area contributed by atoms with E-state index in [0.717, 1.165) is 25.8 Å². The van der Waals surface area contributed by atoms with Gasteiger partial charge in [-0.05, 0) is 53.5 Å². The molecular formula is C15H33NO3. The van der Waals surface area contributed by atoms with Crippen molar-refractivity contribution in [1.82, 2.24) is 5.32 Å². The Bertz CT molecular complexity index is 233. The van der Waals surface area contributed by atoms with Gasteiger partial charge >= 0.3 is 0 Å². The predicted octanol–water partition coefficient (Wildman–Crippen LogP) is 2.35. The van der Waals surface area contributed by atoms with E-state index in [-0.39, 0.29) is 23.9 Å². The zero-order chi connectivity index (χ0) is 14.9. The second kappa shape index (κ2) is 8.90. The SMILES string of the molecule is CCCNC(C)(CO)CC(C)OCCC(C)(C)OC. The highest BCUT2D eigenvalue weighted by Gasteiger charge is 2.25. The molecule has 0 rings (SSSR count). The Morgan fingerprint density at radius 1 is 1.26 bits per heavy atom. The van der Waals surface area contributed by atoms with Gasteiger partial charge in [-0.2, -0.15) is 0 Å². The lowest BCUT2D eigenvalue weighted by Crippen LogP contribution is -2.48. The van der Waals surface area contributed by atoms with E-state index in [4.69, 9.17) is 9.47 Å². The average Bonchev–Trinajstić information content (AvgIpc) is 2.36. The Morgan fingerprint density at radius 3 is 2.37 bits per heavy atom. The summed E-state index contributed by atoms with van der Waals surface area (Å²) in [5.41, 5.74) is -0.396. The van der Waals surface area contributed by atoms with E-state index in [1.54, 1.807) is 7.11 Å². The molecule has 0 aliphatic carbocycles. The molecule has 0 saturated heterocycles. The molecular weight excluding hydrogens is 242 g/mol. The third-order valence-corrected chi connectivity index (χ3v) is 3.55. The molecule has 2 N–H and O–H groups in total. The predicted molar refractivity (Wildman–Crippen MR) is 79.5 cm³/mol. The van der Waals surface area contributed by atoms with Crippen LogP contribution in [-0.2, 0) is 9.47 Å². The number of rotatable bonds is 11. The Morgan fingerprint density at radius 2 is 1.89 bits per heavy atom. The summed E-state index contributed by atoms with van der Waals surface area (Å²) < 4.78 is 11.2. The summed E-state index contributed by atoms with van der Waals surface area (Å²) in [7, 11) is 1.72. The Labute approximate surface area is 118 Å². The van der Waals surface area contributed by atoms with E-state index in [2.05, 4.69) is 33.0 Å². The van der Waals surface area contributed by atoms with Crippen molar-refractivity contribution in [2.24, 2.45) is 0 Å². The molecule has 0 saturated carbocycles. The van der Waals surface area contributed by atoms with E-state index in [0.29, 0.717) is 6.61 Å². The van der Waals surface area contributed by atoms with Crippen LogP contribution in [0.2, 0.25) is 0 Å². The molecule has 0 radical (unpaired) electrons. The average molecular weight is 275 g/mol. The first-order valence-electron chi connectivity index (χ1n) is 7.31. The maximum Gasteiger partial charge on any atom is 0.0644 e. The van der Waals surface area contributed by atoms with Crippen LogP contribution in [0.5, 0.6) is 0 Å². The largest absolute Gasteiger partial charge is 0.394 e. The molecule has 2 unspecified atom stereocenters. The van der Waals surface area contributed by atoms with E-state index >= 15 is 0 Å². The molecule has 0 heterocycles. The molecule has 0 aromatic heterocycles. The zero-order valence-electron chi connectivity index (χ0n) is 13.6. The molecule has 4 nitrogen and oxygen atoms in total. The van der Waals surface area contributed by atoms with Crippen molar-refractivity contribution in [3.05, 3.63) is 0 Å². The smallest absolute Gasteiger partial charge is 0.0644 e. The van der Waals surface area contributed by atoms with Crippen molar-refractivity contribution in [2.45, 2.75) is 71.1 Å². The lowest BCUT2D eigenvalue weighted by molar-refractivity contribution is -0.0314. The molecule has 0 aliphatic rings. The van der Waals surface area contributed by atoms with Gasteiger partial charge in [0, 0.05) is 19.3 Å². The number of hydrogen-bond acceptors (Lipinski definition) is 4. The van der Waals surface area contributed by atoms with Gasteiger partial charge in [-0.1, -0.05) is 6.92 Å². The fraction of sp³-hybridized carbons (Fsp3) is 1.00. The Hall–Kier alpha value is -0.160. The summed E-state index contributed by atoms with van der Waals surface area (Å²) in [5, 5.41) is 12.9. The van der Waals surface area contributed by atoms with Gasteiger partial charge in [0.25, 0.3) is 0 Å². The molecule has 2 atom stereocenters. The quantitative estimate of drug-likeness (QED) is 0.608. The van der Waals surface area contributed by atoms with Gasteiger partial charge in [0.2, 0.25) is 0 Å². The summed E-state index contributed by atoms with van der Waals surface area (Å²) >= 11 is 0. The highest BCUT2D eigenvalue weighted by Crippen LogP contribution is 2.17. The summed E-state index contributed by atoms with van der Waals surface area (Å²) in [6.45, 7) is 12.1. The molecule has 0 amide bonds. The number of hydrogen-bond donors (Lipinski definition) is 2. The van der Waals surface area contributed by atoms with Gasteiger partial charge in [0.15, 0.2) is 0 Å². The Kier molecular flexibility index (Phi) is 8.83. The van der Waals surface area contributed by atoms with Gasteiger partial charge in [0.1, 0.15) is 0 Å². The van der Waals surface area contributed by atoms with Crippen molar-refractivity contribution in [3.63, 3.8) is 0 Å². The second-order valence-corrected chi connectivity index (χ2v) is 6.24. The molecule has 0 fully saturated rings. The number of ether oxygens (including phenoxy) is 2. The van der Waals surface area contributed by atoms with E-state index in [1.165, 1.54) is 0 Å². The maximum absolute atomic E-state index is 9.52. The molecule has 0 bridgehead atoms. The lowest BCUT2D eigenvalue weighted by Gasteiger charge is -2.32. The van der Waals surface area contributed by atoms with Gasteiger partial charge in [-0.25, -0.2) is 0 Å². The van der Waals surface area contributed by atoms with Gasteiger partial charge in [0.05, 0.1) is 18.3 Å². The summed E-state index contributed by atoms with van der Waals surface area (Å²) in [6.07, 6.45) is 2.85. The maximum atomic E-state index is 9.52. The Balaban J connectivity index is 4.03. The van der Waals surface area contributed by atoms with Crippen LogP contribution >= 0.6 is 0 Å². The number of methoxy groups -OCH3 is 1. The van der Waals surface area contributed by atoms with Crippen molar-refractivity contribution in [3.8, 4) is 0 Å². The highest BCUT2D eigenvalue weighted by atomic mass is 16.5. The third-order valence-electron chi connectivity index (χ3n) is 3.55. The van der Waals surface area contributed by atoms with Crippen LogP contribution in [0.4, 0.5) is 0 Å². The molecule has 0 aromatic carbocycles. The number of aliphatic hydroxyl groups excluding tert-OH is 1. The van der Waals surface area contributed by atoms with Gasteiger partial charge in [-0.15, -0.1) is 0 Å². The first-order chi connectivity index (χ1) is 8.78. The van der Waals surface area contributed by atoms with Crippen LogP contribution in [0.3, 0.4) is 0 Å². The molecule has 4 heteroatoms. The first kappa shape index (κ1) is 18.8. The number of aliphatic hydroxyl groups is 1. The molecule has 0 aliphatic heterocycles. The fourth-order valence-corrected chi connectivity index (χ4v) is 1.92. The molecule has 0 aromatic rings. The fourth-order valence-electron chi connectivity index (χ4n) is 1.92. The van der Waals surface area contributed by atoms with Crippen LogP contribution in [0.15, 0.2) is 0 Å². The van der Waals surface area contributed by atoms with Gasteiger partial charge < -0.3 is 19.9 Å². The van der Waals surface area contributed by atoms with Crippen molar-refractivity contribution < 1.29 is 14.6 Å². The van der Waals surface area contributed by atoms with Crippen LogP contribution in [-0.4, -0.2) is 49.2 Å². The zero-order valence-corrected chi connectivity index (χ0v) is 13.6. The molecule has 19 heavy (non-hydrogen) atoms. The summed E-state index contributed by atoms with van der Waals surface area (Å²) in [5.74, 6) is 0. The minimum atomic E-state index is -0.258. The standard InChI is InChI=1S/C15H33NO3/c1-7-9-16-15(5,12-17)11-13(2)19-10-8-14(3,4)18-6/h13,16-17H,7-12H2,1-6H3. The molecule has 0 spiro atoms. The third kappa shape index (κ3) is 8.58. The monoisotopic (exact) mass is 275 g/mol. The van der Waals surface area contributed by atoms with Crippen LogP contribution < -0.4 is 5.32 Å². The van der Waals surface area contributed by atoms with Crippen molar-refractivity contribution in [2.75, 3.05) is 26.9 Å². The van der Waals surface area contributed by atoms with Crippen LogP contribution in [0, 0.1) is 0 Å². The van der Waals surface area contributed by atoms with Gasteiger partial charge in [-0.3, -0.25) is 0 Å². The van der Waals surface area contributed by atoms with E-state index in [1.807, 2.05) is 6.92 Å². The topological polar surface area (TPSA) is 50.7 Å². The molecule has 116 valence electrons. The van der Waals surface area contributed by atoms with E-state index < -0.39 is 0 Å². The second-order valence-electron chi connectivity index (χ2n) is 6.24. The summed E-state index contributed by atoms with van der Waals surface area (Å²) in [4.78, 5) is 0. The lowest BCUT2D eigenvalue weighted by atomic mass is 9.95. The van der Waals surface area contributed by atoms with E-state index in [9.17, 15) is 5.11 Å².